The number of para-hydroxylation sites is 2. The van der Waals surface area contributed by atoms with Crippen LogP contribution < -0.4 is 0 Å². The van der Waals surface area contributed by atoms with Gasteiger partial charge in [0.2, 0.25) is 0 Å². The lowest BCUT2D eigenvalue weighted by atomic mass is 9.60. The first-order valence-electron chi connectivity index (χ1n) is 42.9. The summed E-state index contributed by atoms with van der Waals surface area (Å²) in [4.78, 5) is 32.7. The van der Waals surface area contributed by atoms with Gasteiger partial charge in [-0.15, -0.1) is 11.3 Å². The van der Waals surface area contributed by atoms with Crippen molar-refractivity contribution in [2.75, 3.05) is 0 Å². The molecule has 23 rings (SSSR count). The number of nitrogens with zero attached hydrogens (tertiary/aromatic N) is 8. The highest BCUT2D eigenvalue weighted by atomic mass is 32.1. The molecule has 3 aliphatic rings. The minimum atomic E-state index is -0.581. The van der Waals surface area contributed by atoms with E-state index in [1.165, 1.54) is 120 Å². The summed E-state index contributed by atoms with van der Waals surface area (Å²) in [7, 11) is 0. The number of aromatic nitrogens is 8. The Labute approximate surface area is 714 Å². The minimum Gasteiger partial charge on any atom is -0.309 e. The van der Waals surface area contributed by atoms with Crippen LogP contribution in [0.25, 0.3) is 166 Å². The molecule has 0 bridgehead atoms. The Morgan fingerprint density at radius 1 is 0.262 bits per heavy atom. The maximum atomic E-state index is 5.51. The molecule has 20 aromatic rings. The normalized spacial score (nSPS) is 16.0. The largest absolute Gasteiger partial charge is 0.309 e. The monoisotopic (exact) mass is 1590 g/mol. The van der Waals surface area contributed by atoms with Crippen molar-refractivity contribution in [3.05, 3.63) is 396 Å². The fourth-order valence-electron chi connectivity index (χ4n) is 21.0. The molecule has 8 nitrogen and oxygen atoms in total. The molecule has 9 heteroatoms. The molecule has 0 N–H and O–H groups in total. The zero-order valence-electron chi connectivity index (χ0n) is 69.4. The molecule has 0 saturated carbocycles. The lowest BCUT2D eigenvalue weighted by molar-refractivity contribution is 0.311. The second kappa shape index (κ2) is 27.9. The van der Waals surface area contributed by atoms with Crippen LogP contribution in [0, 0.1) is 0 Å². The molecule has 0 fully saturated rings. The van der Waals surface area contributed by atoms with Gasteiger partial charge >= 0.3 is 0 Å². The van der Waals surface area contributed by atoms with Gasteiger partial charge in [-0.2, -0.15) is 0 Å². The third-order valence-corrected chi connectivity index (χ3v) is 28.7. The summed E-state index contributed by atoms with van der Waals surface area (Å²) in [5.41, 5.74) is 28.1. The highest BCUT2D eigenvalue weighted by Crippen LogP contribution is 2.59. The number of hydrogen-bond acceptors (Lipinski definition) is 7. The zero-order chi connectivity index (χ0) is 82.0. The minimum absolute atomic E-state index is 0.0580. The van der Waals surface area contributed by atoms with E-state index in [0.29, 0.717) is 34.9 Å². The second-order valence-electron chi connectivity index (χ2n) is 36.3. The van der Waals surface area contributed by atoms with Gasteiger partial charge in [-0.05, 0) is 241 Å². The lowest BCUT2D eigenvalue weighted by Gasteiger charge is -2.44. The molecule has 3 aliphatic carbocycles. The number of thiophene rings is 1. The molecule has 0 aliphatic heterocycles. The molecule has 122 heavy (non-hydrogen) atoms. The average Bonchev–Trinajstić information content (AvgIpc) is 1.54. The number of hydrogen-bond donors (Lipinski definition) is 0. The third-order valence-electron chi connectivity index (χ3n) is 27.5. The van der Waals surface area contributed by atoms with E-state index in [9.17, 15) is 0 Å². The van der Waals surface area contributed by atoms with Gasteiger partial charge < -0.3 is 9.13 Å². The first-order chi connectivity index (χ1) is 59.5. The van der Waals surface area contributed by atoms with E-state index in [1.54, 1.807) is 0 Å². The lowest BCUT2D eigenvalue weighted by Crippen LogP contribution is -2.37. The maximum Gasteiger partial charge on any atom is 0.164 e. The molecule has 0 spiro atoms. The van der Waals surface area contributed by atoms with Gasteiger partial charge in [0.05, 0.1) is 27.5 Å². The predicted octanol–water partition coefficient (Wildman–Crippen LogP) is 28.6. The topological polar surface area (TPSA) is 87.2 Å². The van der Waals surface area contributed by atoms with Crippen LogP contribution in [0.2, 0.25) is 0 Å². The Morgan fingerprint density at radius 3 is 1.28 bits per heavy atom. The Kier molecular flexibility index (Phi) is 16.7. The summed E-state index contributed by atoms with van der Waals surface area (Å²) in [6.45, 7) is 17.1. The van der Waals surface area contributed by atoms with E-state index in [1.807, 2.05) is 17.4 Å². The SMILES string of the molecule is CC1(C)CCC(C)(C)c2cc3c(cc21)c1ccccc1n3-c1ccc(-c2nc(-c3cccc(CC4(C)CCC(C)(C)c5cc6c(cc54)c4ccccc4n6-c4ccc(-c5nc(-c6ccccc6)nc(-c6cccc7c6-c6ccccc6C7(c6ccccc6)c6ccccc6)n5)cc4)c3)nc(-c3cccc(-c4ccc5sc6ccccc6c5c4)c3)n2)cc1. The van der Waals surface area contributed by atoms with Crippen LogP contribution in [0.1, 0.15) is 124 Å². The van der Waals surface area contributed by atoms with Crippen molar-refractivity contribution in [2.45, 2.75) is 108 Å². The van der Waals surface area contributed by atoms with Crippen molar-refractivity contribution >= 4 is 75.1 Å². The van der Waals surface area contributed by atoms with Crippen molar-refractivity contribution in [3.8, 4) is 102 Å². The molecule has 0 amide bonds. The molecule has 0 saturated heterocycles. The summed E-state index contributed by atoms with van der Waals surface area (Å²) < 4.78 is 7.50. The van der Waals surface area contributed by atoms with Crippen molar-refractivity contribution in [1.29, 1.82) is 0 Å². The molecule has 1 unspecified atom stereocenters. The fourth-order valence-corrected chi connectivity index (χ4v) is 22.1. The molecular weight excluding hydrogens is 1500 g/mol. The molecule has 1 atom stereocenters. The Hall–Kier alpha value is -13.9. The summed E-state index contributed by atoms with van der Waals surface area (Å²) in [5.74, 6) is 3.73. The summed E-state index contributed by atoms with van der Waals surface area (Å²) in [5, 5.41) is 7.56. The van der Waals surface area contributed by atoms with E-state index in [-0.39, 0.29) is 21.7 Å². The van der Waals surface area contributed by atoms with Gasteiger partial charge in [0.15, 0.2) is 34.9 Å². The highest BCUT2D eigenvalue weighted by molar-refractivity contribution is 7.25. The van der Waals surface area contributed by atoms with Crippen molar-refractivity contribution in [2.24, 2.45) is 0 Å². The summed E-state index contributed by atoms with van der Waals surface area (Å²) in [6.07, 6.45) is 5.18. The fraction of sp³-hybridized carbons (Fsp3) is 0.150. The van der Waals surface area contributed by atoms with E-state index in [0.717, 1.165) is 92.6 Å². The maximum absolute atomic E-state index is 5.51. The predicted molar refractivity (Wildman–Crippen MR) is 505 cm³/mol. The van der Waals surface area contributed by atoms with Gasteiger partial charge in [-0.1, -0.05) is 279 Å². The number of fused-ring (bicyclic) bond motifs is 14. The van der Waals surface area contributed by atoms with E-state index < -0.39 is 5.41 Å². The zero-order valence-corrected chi connectivity index (χ0v) is 70.2. The smallest absolute Gasteiger partial charge is 0.164 e. The molecule has 5 heterocycles. The quantitative estimate of drug-likeness (QED) is 0.114. The second-order valence-corrected chi connectivity index (χ2v) is 37.4. The van der Waals surface area contributed by atoms with Crippen LogP contribution in [0.5, 0.6) is 0 Å². The molecular formula is C113H88N8S. The van der Waals surface area contributed by atoms with Gasteiger partial charge in [0, 0.05) is 86.5 Å². The Morgan fingerprint density at radius 2 is 0.672 bits per heavy atom. The van der Waals surface area contributed by atoms with E-state index >= 15 is 0 Å². The van der Waals surface area contributed by atoms with Crippen LogP contribution in [0.15, 0.2) is 346 Å². The van der Waals surface area contributed by atoms with Crippen molar-refractivity contribution in [3.63, 3.8) is 0 Å². The molecule has 15 aromatic carbocycles. The van der Waals surface area contributed by atoms with Gasteiger partial charge in [0.1, 0.15) is 0 Å². The molecule has 586 valence electrons. The van der Waals surface area contributed by atoms with Crippen LogP contribution in [0.4, 0.5) is 0 Å². The Bertz CT molecular complexity index is 7600. The summed E-state index contributed by atoms with van der Waals surface area (Å²) in [6, 6.07) is 127. The number of benzene rings is 15. The molecule has 0 radical (unpaired) electrons. The van der Waals surface area contributed by atoms with Crippen LogP contribution in [0.3, 0.4) is 0 Å². The first kappa shape index (κ1) is 73.3. The van der Waals surface area contributed by atoms with Crippen molar-refractivity contribution in [1.82, 2.24) is 39.0 Å². The van der Waals surface area contributed by atoms with Gasteiger partial charge in [-0.3, -0.25) is 0 Å². The first-order valence-corrected chi connectivity index (χ1v) is 43.7. The average molecular weight is 1590 g/mol. The third kappa shape index (κ3) is 11.7. The molecule has 5 aromatic heterocycles. The van der Waals surface area contributed by atoms with Crippen LogP contribution in [-0.2, 0) is 33.5 Å². The van der Waals surface area contributed by atoms with Crippen LogP contribution >= 0.6 is 11.3 Å². The Balaban J connectivity index is 0.606. The van der Waals surface area contributed by atoms with Crippen LogP contribution in [-0.4, -0.2) is 39.0 Å². The highest BCUT2D eigenvalue weighted by Gasteiger charge is 2.48. The van der Waals surface area contributed by atoms with Gasteiger partial charge in [0.25, 0.3) is 0 Å². The van der Waals surface area contributed by atoms with Gasteiger partial charge in [-0.25, -0.2) is 29.9 Å². The number of rotatable bonds is 13. The van der Waals surface area contributed by atoms with E-state index in [4.69, 9.17) is 29.9 Å². The van der Waals surface area contributed by atoms with Crippen molar-refractivity contribution < 1.29 is 0 Å². The van der Waals surface area contributed by atoms with E-state index in [2.05, 4.69) is 397 Å². The standard InChI is InChI=1S/C113H88N8S/c1-109(2)58-59-110(3,4)93-67-98-87(65-92(93)109)82-38-18-22-45-96(82)120(98)80-53-48-72(49-54-80)104-115-106(117-107(116-104)77-33-26-31-74(63-77)75-52-57-101-89(64-75)84-40-20-24-47-100(84)122-101)76-32-25-28-70(62-76)69-112(7)61-60-111(5,6)94-68-99-88(66-95(94)112)83-39-19-23-46-97(83)121(99)81-55-50-73(51-56-81)105-114-103(71-29-11-8-12-30-71)118-108(119-105)86-42-27-44-91-102(86)85-41-17-21-43-90(85)113(91,78-34-13-9-14-35-78)79-36-15-10-16-37-79/h8-57,62-68H,58-61,69H2,1-7H3. The summed E-state index contributed by atoms with van der Waals surface area (Å²) >= 11 is 1.84.